The van der Waals surface area contributed by atoms with Crippen molar-refractivity contribution >= 4 is 17.7 Å². The Labute approximate surface area is 198 Å². The maximum absolute atomic E-state index is 12.9. The smallest absolute Gasteiger partial charge is 0.278 e. The van der Waals surface area contributed by atoms with Crippen LogP contribution in [0, 0.1) is 11.8 Å². The molecule has 2 rings (SSSR count). The number of carbonyl (C=O) groups excluding carboxylic acids is 3. The molecule has 0 bridgehead atoms. The molecule has 0 aromatic heterocycles. The highest BCUT2D eigenvalue weighted by molar-refractivity contribution is 6.12. The second-order valence-electron chi connectivity index (χ2n) is 7.64. The number of hydroxylamine groups is 1. The predicted octanol–water partition coefficient (Wildman–Crippen LogP) is 1.24. The molecule has 0 saturated heterocycles. The molecule has 0 fully saturated rings. The van der Waals surface area contributed by atoms with Gasteiger partial charge in [-0.3, -0.25) is 19.6 Å². The van der Waals surface area contributed by atoms with Crippen LogP contribution in [0.2, 0.25) is 0 Å². The number of aliphatic hydroxyl groups is 1. The topological polar surface area (TPSA) is 128 Å². The summed E-state index contributed by atoms with van der Waals surface area (Å²) in [5, 5.41) is 20.2. The second kappa shape index (κ2) is 12.0. The number of amides is 3. The zero-order chi connectivity index (χ0) is 25.3. The monoisotopic (exact) mass is 467 g/mol. The van der Waals surface area contributed by atoms with Crippen molar-refractivity contribution in [3.05, 3.63) is 70.8 Å². The molecular weight excluding hydrogens is 438 g/mol. The van der Waals surface area contributed by atoms with Gasteiger partial charge in [0.05, 0.1) is 19.3 Å². The van der Waals surface area contributed by atoms with Gasteiger partial charge in [-0.2, -0.15) is 0 Å². The molecule has 4 N–H and O–H groups in total. The summed E-state index contributed by atoms with van der Waals surface area (Å²) in [6, 6.07) is 14.0. The Morgan fingerprint density at radius 2 is 1.56 bits per heavy atom. The third-order valence-electron chi connectivity index (χ3n) is 5.51. The highest BCUT2D eigenvalue weighted by Gasteiger charge is 2.47. The minimum Gasteiger partial charge on any atom is -0.394 e. The molecule has 2 atom stereocenters. The average molecular weight is 468 g/mol. The molecule has 0 heterocycles. The lowest BCUT2D eigenvalue weighted by molar-refractivity contribution is -0.148. The SMILES string of the molecule is CNC(=O)C(C)(C(=O)NO)N(C)C(=O)c1ccc(C#Cc2ccc(C(C)OCCO)cc2)cc1. The second-order valence-corrected chi connectivity index (χ2v) is 7.64. The standard InChI is InChI=1S/C25H29N3O6/c1-17(34-16-15-29)20-11-7-18(8-12-20)5-6-19-9-13-21(14-10-19)22(30)28(4)25(2,23(31)26-3)24(32)27-33/h7-14,17,29,33H,15-16H2,1-4H3,(H,26,31)(H,27,32). The molecule has 2 aromatic rings. The van der Waals surface area contributed by atoms with Crippen molar-refractivity contribution < 1.29 is 29.4 Å². The van der Waals surface area contributed by atoms with Crippen molar-refractivity contribution in [1.29, 1.82) is 0 Å². The molecule has 0 radical (unpaired) electrons. The Morgan fingerprint density at radius 1 is 1.03 bits per heavy atom. The number of rotatable bonds is 8. The van der Waals surface area contributed by atoms with Gasteiger partial charge in [0.25, 0.3) is 17.7 Å². The third-order valence-corrected chi connectivity index (χ3v) is 5.51. The lowest BCUT2D eigenvalue weighted by Crippen LogP contribution is -2.64. The predicted molar refractivity (Wildman–Crippen MR) is 125 cm³/mol. The van der Waals surface area contributed by atoms with Crippen LogP contribution in [-0.4, -0.2) is 65.8 Å². The summed E-state index contributed by atoms with van der Waals surface area (Å²) in [7, 11) is 2.64. The maximum atomic E-state index is 12.9. The van der Waals surface area contributed by atoms with Crippen LogP contribution in [-0.2, 0) is 14.3 Å². The number of carbonyl (C=O) groups is 3. The Hall–Kier alpha value is -3.71. The van der Waals surface area contributed by atoms with E-state index < -0.39 is 23.3 Å². The lowest BCUT2D eigenvalue weighted by atomic mass is 9.96. The number of ether oxygens (including phenoxy) is 1. The molecule has 0 aliphatic carbocycles. The highest BCUT2D eigenvalue weighted by Crippen LogP contribution is 2.19. The first-order valence-electron chi connectivity index (χ1n) is 10.6. The maximum Gasteiger partial charge on any atom is 0.278 e. The van der Waals surface area contributed by atoms with Crippen molar-refractivity contribution in [3.8, 4) is 11.8 Å². The van der Waals surface area contributed by atoms with Crippen molar-refractivity contribution in [3.63, 3.8) is 0 Å². The van der Waals surface area contributed by atoms with E-state index in [4.69, 9.17) is 15.1 Å². The van der Waals surface area contributed by atoms with Gasteiger partial charge in [0.15, 0.2) is 5.54 Å². The van der Waals surface area contributed by atoms with E-state index in [2.05, 4.69) is 17.2 Å². The number of nitrogens with one attached hydrogen (secondary N) is 2. The highest BCUT2D eigenvalue weighted by atomic mass is 16.5. The fourth-order valence-corrected chi connectivity index (χ4v) is 3.16. The van der Waals surface area contributed by atoms with Gasteiger partial charge in [-0.05, 0) is 55.8 Å². The van der Waals surface area contributed by atoms with Crippen LogP contribution in [0.5, 0.6) is 0 Å². The van der Waals surface area contributed by atoms with E-state index in [-0.39, 0.29) is 24.9 Å². The summed E-state index contributed by atoms with van der Waals surface area (Å²) in [6.07, 6.45) is -0.133. The van der Waals surface area contributed by atoms with Gasteiger partial charge in [0.2, 0.25) is 0 Å². The summed E-state index contributed by atoms with van der Waals surface area (Å²) >= 11 is 0. The first kappa shape index (κ1) is 26.5. The van der Waals surface area contributed by atoms with Gasteiger partial charge in [0.1, 0.15) is 0 Å². The zero-order valence-electron chi connectivity index (χ0n) is 19.6. The molecule has 180 valence electrons. The van der Waals surface area contributed by atoms with Crippen LogP contribution in [0.25, 0.3) is 0 Å². The number of aliphatic hydroxyl groups excluding tert-OH is 1. The minimum atomic E-state index is -1.95. The number of benzene rings is 2. The van der Waals surface area contributed by atoms with E-state index in [1.807, 2.05) is 31.2 Å². The molecule has 3 amide bonds. The molecule has 9 heteroatoms. The van der Waals surface area contributed by atoms with Gasteiger partial charge in [-0.15, -0.1) is 0 Å². The fraction of sp³-hybridized carbons (Fsp3) is 0.320. The Morgan fingerprint density at radius 3 is 2.03 bits per heavy atom. The van der Waals surface area contributed by atoms with E-state index in [1.165, 1.54) is 26.5 Å². The van der Waals surface area contributed by atoms with Crippen LogP contribution in [0.3, 0.4) is 0 Å². The van der Waals surface area contributed by atoms with Gasteiger partial charge in [-0.25, -0.2) is 5.48 Å². The number of hydrogen-bond donors (Lipinski definition) is 4. The molecular formula is C25H29N3O6. The van der Waals surface area contributed by atoms with Gasteiger partial charge in [-0.1, -0.05) is 24.0 Å². The van der Waals surface area contributed by atoms with E-state index in [9.17, 15) is 14.4 Å². The average Bonchev–Trinajstić information content (AvgIpc) is 2.88. The first-order valence-corrected chi connectivity index (χ1v) is 10.6. The minimum absolute atomic E-state index is 0.0278. The number of likely N-dealkylation sites (N-methyl/N-ethyl adjacent to an activating group) is 2. The van der Waals surface area contributed by atoms with Crippen molar-refractivity contribution in [1.82, 2.24) is 15.7 Å². The van der Waals surface area contributed by atoms with Crippen molar-refractivity contribution in [2.24, 2.45) is 0 Å². The molecule has 2 unspecified atom stereocenters. The van der Waals surface area contributed by atoms with E-state index in [0.717, 1.165) is 16.0 Å². The Bertz CT molecular complexity index is 1050. The van der Waals surface area contributed by atoms with Crippen LogP contribution in [0.15, 0.2) is 48.5 Å². The van der Waals surface area contributed by atoms with Gasteiger partial charge in [0, 0.05) is 30.8 Å². The first-order chi connectivity index (χ1) is 16.2. The lowest BCUT2D eigenvalue weighted by Gasteiger charge is -2.34. The summed E-state index contributed by atoms with van der Waals surface area (Å²) in [5.41, 5.74) is 2.18. The van der Waals surface area contributed by atoms with Crippen LogP contribution < -0.4 is 10.8 Å². The normalized spacial score (nSPS) is 13.0. The molecule has 0 aliphatic heterocycles. The Balaban J connectivity index is 2.15. The summed E-state index contributed by atoms with van der Waals surface area (Å²) < 4.78 is 5.48. The van der Waals surface area contributed by atoms with Crippen LogP contribution in [0.4, 0.5) is 0 Å². The van der Waals surface area contributed by atoms with Gasteiger partial charge < -0.3 is 20.1 Å². The summed E-state index contributed by atoms with van der Waals surface area (Å²) in [4.78, 5) is 38.3. The van der Waals surface area contributed by atoms with E-state index in [0.29, 0.717) is 5.56 Å². The number of nitrogens with zero attached hydrogens (tertiary/aromatic N) is 1. The Kier molecular flexibility index (Phi) is 9.33. The van der Waals surface area contributed by atoms with Crippen LogP contribution >= 0.6 is 0 Å². The number of hydrogen-bond acceptors (Lipinski definition) is 6. The molecule has 34 heavy (non-hydrogen) atoms. The van der Waals surface area contributed by atoms with E-state index in [1.54, 1.807) is 24.3 Å². The largest absolute Gasteiger partial charge is 0.394 e. The van der Waals surface area contributed by atoms with Gasteiger partial charge >= 0.3 is 0 Å². The van der Waals surface area contributed by atoms with E-state index >= 15 is 0 Å². The molecule has 0 saturated carbocycles. The quantitative estimate of drug-likeness (QED) is 0.200. The molecule has 0 aliphatic rings. The summed E-state index contributed by atoms with van der Waals surface area (Å²) in [6.45, 7) is 3.39. The molecule has 9 nitrogen and oxygen atoms in total. The zero-order valence-corrected chi connectivity index (χ0v) is 19.6. The summed E-state index contributed by atoms with van der Waals surface area (Å²) in [5.74, 6) is 3.71. The van der Waals surface area contributed by atoms with Crippen LogP contribution in [0.1, 0.15) is 47.0 Å². The molecule has 2 aromatic carbocycles. The third kappa shape index (κ3) is 5.99. The van der Waals surface area contributed by atoms with Crippen molar-refractivity contribution in [2.45, 2.75) is 25.5 Å². The fourth-order valence-electron chi connectivity index (χ4n) is 3.16. The van der Waals surface area contributed by atoms with Crippen molar-refractivity contribution in [2.75, 3.05) is 27.3 Å². The molecule has 0 spiro atoms.